The van der Waals surface area contributed by atoms with E-state index in [9.17, 15) is 4.39 Å². The second-order valence-corrected chi connectivity index (χ2v) is 17.0. The molecule has 1 atom stereocenters. The normalized spacial score (nSPS) is 15.3. The largest absolute Gasteiger partial charge is 0.499 e. The summed E-state index contributed by atoms with van der Waals surface area (Å²) in [6.45, 7) is 4.03. The summed E-state index contributed by atoms with van der Waals surface area (Å²) in [4.78, 5) is 13.4. The Morgan fingerprint density at radius 3 is 2.38 bits per heavy atom. The number of hydrogen-bond donors (Lipinski definition) is 0. The Labute approximate surface area is 300 Å². The standard InChI is InChI=1S/C25H18FN2O.C15H18NSi.Ir/c1-15-8-9-19(21-14-18(26)12-13-27-21)25-23(15)24-22(29-25)11-10-20(28-24)16(2)17-6-4-3-5-7-17;1-12-5-7-13(8-6-12)15-10-9-14(11-16-15)17(2,3)4;/h3-8,10-14,16H,1-2H3;5-7,9-11H,1-4H3;/q2*-1;/i1D3,16D;1D3;. The summed E-state index contributed by atoms with van der Waals surface area (Å²) in [6, 6.07) is 31.4. The van der Waals surface area contributed by atoms with Gasteiger partial charge in [-0.25, -0.2) is 9.37 Å². The molecule has 1 unspecified atom stereocenters. The topological polar surface area (TPSA) is 51.8 Å². The van der Waals surface area contributed by atoms with Gasteiger partial charge in [-0.1, -0.05) is 88.3 Å². The molecule has 7 aromatic rings. The van der Waals surface area contributed by atoms with E-state index in [2.05, 4.69) is 47.8 Å². The zero-order valence-corrected chi connectivity index (χ0v) is 29.7. The zero-order valence-electron chi connectivity index (χ0n) is 33.3. The maximum atomic E-state index is 13.9. The smallest absolute Gasteiger partial charge is 0.139 e. The van der Waals surface area contributed by atoms with Crippen molar-refractivity contribution >= 4 is 35.3 Å². The third-order valence-electron chi connectivity index (χ3n) is 7.68. The Balaban J connectivity index is 0.000000230. The van der Waals surface area contributed by atoms with Crippen molar-refractivity contribution in [3.05, 3.63) is 144 Å². The zero-order chi connectivity index (χ0) is 38.3. The van der Waals surface area contributed by atoms with E-state index >= 15 is 0 Å². The van der Waals surface area contributed by atoms with Gasteiger partial charge in [0, 0.05) is 53.7 Å². The molecule has 7 rings (SSSR count). The van der Waals surface area contributed by atoms with Gasteiger partial charge in [0.1, 0.15) is 11.4 Å². The van der Waals surface area contributed by atoms with Crippen molar-refractivity contribution in [3.8, 4) is 22.5 Å². The van der Waals surface area contributed by atoms with E-state index in [0.717, 1.165) is 16.8 Å². The molecule has 47 heavy (non-hydrogen) atoms. The molecule has 4 heterocycles. The van der Waals surface area contributed by atoms with E-state index in [4.69, 9.17) is 19.0 Å². The van der Waals surface area contributed by atoms with Crippen molar-refractivity contribution in [2.24, 2.45) is 0 Å². The average molecular weight is 821 g/mol. The first-order valence-electron chi connectivity index (χ1n) is 18.3. The minimum atomic E-state index is -2.46. The molecule has 0 aliphatic rings. The van der Waals surface area contributed by atoms with Crippen LogP contribution in [0.15, 0.2) is 108 Å². The molecule has 239 valence electrons. The Morgan fingerprint density at radius 2 is 1.72 bits per heavy atom. The quantitative estimate of drug-likeness (QED) is 0.128. The number of benzene rings is 3. The molecule has 0 N–H and O–H groups in total. The SMILES string of the molecule is [2H]C([2H])([2H])c1c[c-]c(-c2cc(F)ccn2)c2oc3ccc(C([2H])(C)c4ccccc4)nc3c12.[2H]C([2H])([2H])c1c[c-]c(-c2ccc([Si](C)(C)C)cn2)cc1.[Ir]. The van der Waals surface area contributed by atoms with Crippen LogP contribution in [0.2, 0.25) is 19.6 Å². The fourth-order valence-electron chi connectivity index (χ4n) is 5.04. The van der Waals surface area contributed by atoms with Crippen LogP contribution in [0.4, 0.5) is 4.39 Å². The van der Waals surface area contributed by atoms with Crippen molar-refractivity contribution < 1.29 is 38.5 Å². The fourth-order valence-corrected chi connectivity index (χ4v) is 6.08. The molecule has 7 heteroatoms. The molecular weight excluding hydrogens is 778 g/mol. The van der Waals surface area contributed by atoms with Crippen LogP contribution in [-0.2, 0) is 20.1 Å². The monoisotopic (exact) mass is 821 g/mol. The van der Waals surface area contributed by atoms with Gasteiger partial charge in [0.2, 0.25) is 0 Å². The number of halogens is 1. The van der Waals surface area contributed by atoms with Crippen LogP contribution in [0.5, 0.6) is 0 Å². The van der Waals surface area contributed by atoms with Gasteiger partial charge in [-0.2, -0.15) is 0 Å². The van der Waals surface area contributed by atoms with E-state index in [0.29, 0.717) is 27.9 Å². The van der Waals surface area contributed by atoms with Gasteiger partial charge >= 0.3 is 0 Å². The first-order chi connectivity index (χ1) is 24.8. The summed E-state index contributed by atoms with van der Waals surface area (Å²) in [7, 11) is -1.34. The molecule has 4 aromatic heterocycles. The predicted molar refractivity (Wildman–Crippen MR) is 188 cm³/mol. The molecule has 0 fully saturated rings. The Hall–Kier alpha value is -4.29. The van der Waals surface area contributed by atoms with Gasteiger partial charge in [-0.05, 0) is 51.8 Å². The molecule has 0 bridgehead atoms. The van der Waals surface area contributed by atoms with Crippen LogP contribution in [0.25, 0.3) is 44.6 Å². The summed E-state index contributed by atoms with van der Waals surface area (Å²) >= 11 is 0. The third kappa shape index (κ3) is 7.49. The van der Waals surface area contributed by atoms with Crippen molar-refractivity contribution in [1.82, 2.24) is 15.0 Å². The van der Waals surface area contributed by atoms with Crippen LogP contribution in [0.1, 0.15) is 44.8 Å². The van der Waals surface area contributed by atoms with Gasteiger partial charge in [-0.3, -0.25) is 0 Å². The minimum absolute atomic E-state index is 0. The molecule has 0 saturated heterocycles. The van der Waals surface area contributed by atoms with Crippen molar-refractivity contribution in [2.75, 3.05) is 0 Å². The van der Waals surface area contributed by atoms with Crippen molar-refractivity contribution in [2.45, 2.75) is 46.2 Å². The molecular formula is C40H36FIrN3OSi-2. The van der Waals surface area contributed by atoms with E-state index in [1.165, 1.54) is 35.6 Å². The second kappa shape index (κ2) is 14.2. The van der Waals surface area contributed by atoms with Crippen LogP contribution in [-0.4, -0.2) is 23.0 Å². The number of fused-ring (bicyclic) bond motifs is 3. The summed E-state index contributed by atoms with van der Waals surface area (Å²) in [5, 5.41) is 1.59. The Kier molecular flexibility index (Phi) is 7.79. The first kappa shape index (κ1) is 25.8. The Morgan fingerprint density at radius 1 is 0.894 bits per heavy atom. The van der Waals surface area contributed by atoms with Crippen molar-refractivity contribution in [1.29, 1.82) is 0 Å². The number of rotatable bonds is 5. The fraction of sp³-hybridized carbons (Fsp3) is 0.175. The predicted octanol–water partition coefficient (Wildman–Crippen LogP) is 9.84. The van der Waals surface area contributed by atoms with Gasteiger partial charge in [0.15, 0.2) is 0 Å². The van der Waals surface area contributed by atoms with Gasteiger partial charge < -0.3 is 14.4 Å². The molecule has 0 aliphatic heterocycles. The molecule has 0 aliphatic carbocycles. The van der Waals surface area contributed by atoms with Crippen LogP contribution >= 0.6 is 0 Å². The van der Waals surface area contributed by atoms with E-state index in [1.807, 2.05) is 42.6 Å². The van der Waals surface area contributed by atoms with Crippen LogP contribution in [0, 0.1) is 31.7 Å². The average Bonchev–Trinajstić information content (AvgIpc) is 3.50. The molecule has 3 aromatic carbocycles. The summed E-state index contributed by atoms with van der Waals surface area (Å²) in [5.74, 6) is -1.65. The minimum Gasteiger partial charge on any atom is -0.499 e. The van der Waals surface area contributed by atoms with E-state index in [-0.39, 0.29) is 42.3 Å². The number of hydrogen-bond acceptors (Lipinski definition) is 4. The number of aromatic nitrogens is 3. The summed E-state index contributed by atoms with van der Waals surface area (Å²) in [6.07, 6.45) is 3.25. The first-order valence-corrected chi connectivity index (χ1v) is 18.3. The van der Waals surface area contributed by atoms with Crippen LogP contribution < -0.4 is 5.19 Å². The maximum Gasteiger partial charge on any atom is 0.139 e. The van der Waals surface area contributed by atoms with Gasteiger partial charge in [-0.15, -0.1) is 53.1 Å². The van der Waals surface area contributed by atoms with Crippen LogP contribution in [0.3, 0.4) is 0 Å². The van der Waals surface area contributed by atoms with E-state index in [1.54, 1.807) is 31.2 Å². The maximum absolute atomic E-state index is 13.9. The van der Waals surface area contributed by atoms with Gasteiger partial charge in [0.05, 0.1) is 19.2 Å². The molecule has 0 saturated carbocycles. The number of furan rings is 1. The molecule has 0 amide bonds. The third-order valence-corrected chi connectivity index (χ3v) is 9.71. The van der Waals surface area contributed by atoms with Gasteiger partial charge in [0.25, 0.3) is 0 Å². The molecule has 1 radical (unpaired) electrons. The molecule has 0 spiro atoms. The summed E-state index contributed by atoms with van der Waals surface area (Å²) < 4.78 is 74.9. The number of nitrogens with zero attached hydrogens (tertiary/aromatic N) is 3. The Bertz CT molecular complexity index is 2340. The van der Waals surface area contributed by atoms with E-state index < -0.39 is 33.5 Å². The number of aryl methyl sites for hydroxylation is 2. The summed E-state index contributed by atoms with van der Waals surface area (Å²) in [5.41, 5.74) is 4.68. The molecule has 4 nitrogen and oxygen atoms in total. The number of pyridine rings is 3. The second-order valence-electron chi connectivity index (χ2n) is 12.0. The van der Waals surface area contributed by atoms with Crippen molar-refractivity contribution in [3.63, 3.8) is 0 Å².